The quantitative estimate of drug-likeness (QED) is 0.841. The number of carbonyl (C=O) groups is 1. The van der Waals surface area contributed by atoms with Crippen LogP contribution in [-0.2, 0) is 11.2 Å². The van der Waals surface area contributed by atoms with Gasteiger partial charge >= 0.3 is 5.97 Å². The van der Waals surface area contributed by atoms with Gasteiger partial charge in [-0.25, -0.2) is 4.79 Å². The molecule has 1 N–H and O–H groups in total. The summed E-state index contributed by atoms with van der Waals surface area (Å²) in [6.07, 6.45) is 5.30. The van der Waals surface area contributed by atoms with Crippen LogP contribution in [0.3, 0.4) is 0 Å². The molecule has 4 nitrogen and oxygen atoms in total. The lowest BCUT2D eigenvalue weighted by molar-refractivity contribution is 0.0597. The van der Waals surface area contributed by atoms with Gasteiger partial charge in [-0.05, 0) is 42.4 Å². The van der Waals surface area contributed by atoms with Gasteiger partial charge in [-0.15, -0.1) is 0 Å². The lowest BCUT2D eigenvalue weighted by atomic mass is 9.80. The van der Waals surface area contributed by atoms with Crippen LogP contribution in [0.25, 0.3) is 0 Å². The fourth-order valence-electron chi connectivity index (χ4n) is 3.07. The van der Waals surface area contributed by atoms with Gasteiger partial charge in [0.1, 0.15) is 11.3 Å². The maximum atomic E-state index is 11.6. The van der Waals surface area contributed by atoms with Crippen LogP contribution in [-0.4, -0.2) is 31.9 Å². The van der Waals surface area contributed by atoms with Crippen LogP contribution in [0.5, 0.6) is 5.75 Å². The minimum Gasteiger partial charge on any atom is -0.496 e. The predicted octanol–water partition coefficient (Wildman–Crippen LogP) is 2.58. The van der Waals surface area contributed by atoms with Gasteiger partial charge in [0.25, 0.3) is 0 Å². The maximum Gasteiger partial charge on any atom is 0.341 e. The molecule has 1 aliphatic carbocycles. The Morgan fingerprint density at radius 3 is 2.55 bits per heavy atom. The minimum atomic E-state index is -0.397. The number of aliphatic hydroxyl groups excluding tert-OH is 1. The van der Waals surface area contributed by atoms with Gasteiger partial charge in [-0.3, -0.25) is 0 Å². The summed E-state index contributed by atoms with van der Waals surface area (Å²) in [7, 11) is 2.90. The lowest BCUT2D eigenvalue weighted by Crippen LogP contribution is -2.24. The Hall–Kier alpha value is -1.55. The smallest absolute Gasteiger partial charge is 0.341 e. The van der Waals surface area contributed by atoms with Gasteiger partial charge in [0.05, 0.1) is 14.2 Å². The van der Waals surface area contributed by atoms with E-state index in [4.69, 9.17) is 9.47 Å². The van der Waals surface area contributed by atoms with Crippen LogP contribution in [0.4, 0.5) is 0 Å². The zero-order chi connectivity index (χ0) is 14.6. The van der Waals surface area contributed by atoms with Gasteiger partial charge < -0.3 is 14.6 Å². The second-order valence-corrected chi connectivity index (χ2v) is 5.57. The van der Waals surface area contributed by atoms with Crippen molar-refractivity contribution < 1.29 is 19.4 Å². The molecule has 0 aromatic heterocycles. The molecule has 0 atom stereocenters. The van der Waals surface area contributed by atoms with E-state index in [9.17, 15) is 9.90 Å². The largest absolute Gasteiger partial charge is 0.496 e. The molecule has 0 radical (unpaired) electrons. The van der Waals surface area contributed by atoms with Crippen molar-refractivity contribution in [2.24, 2.45) is 5.41 Å². The standard InChI is InChI=1S/C16H22O4/c1-19-14-9-12(5-6-13(14)15(18)20-2)10-16(11-17)7-3-4-8-16/h5-6,9,17H,3-4,7-8,10-11H2,1-2H3. The average Bonchev–Trinajstić information content (AvgIpc) is 2.95. The molecule has 1 aromatic rings. The number of rotatable bonds is 5. The van der Waals surface area contributed by atoms with Crippen molar-refractivity contribution >= 4 is 5.97 Å². The SMILES string of the molecule is COC(=O)c1ccc(CC2(CO)CCCC2)cc1OC. The van der Waals surface area contributed by atoms with Crippen molar-refractivity contribution in [1.29, 1.82) is 0 Å². The number of methoxy groups -OCH3 is 2. The van der Waals surface area contributed by atoms with Crippen LogP contribution in [0.15, 0.2) is 18.2 Å². The summed E-state index contributed by atoms with van der Waals surface area (Å²) in [6.45, 7) is 0.216. The van der Waals surface area contributed by atoms with Gasteiger partial charge in [-0.1, -0.05) is 18.9 Å². The van der Waals surface area contributed by atoms with E-state index in [2.05, 4.69) is 0 Å². The van der Waals surface area contributed by atoms with Gasteiger partial charge in [0.15, 0.2) is 0 Å². The van der Waals surface area contributed by atoms with Crippen LogP contribution in [0, 0.1) is 5.41 Å². The minimum absolute atomic E-state index is 0.00219. The predicted molar refractivity (Wildman–Crippen MR) is 76.0 cm³/mol. The average molecular weight is 278 g/mol. The van der Waals surface area contributed by atoms with E-state index in [-0.39, 0.29) is 12.0 Å². The zero-order valence-electron chi connectivity index (χ0n) is 12.1. The molecule has 0 amide bonds. The number of hydrogen-bond donors (Lipinski definition) is 1. The summed E-state index contributed by atoms with van der Waals surface area (Å²) in [5, 5.41) is 9.68. The summed E-state index contributed by atoms with van der Waals surface area (Å²) in [6, 6.07) is 5.53. The maximum absolute atomic E-state index is 11.6. The van der Waals surface area contributed by atoms with Crippen molar-refractivity contribution in [2.45, 2.75) is 32.1 Å². The summed E-state index contributed by atoms with van der Waals surface area (Å²) in [4.78, 5) is 11.6. The zero-order valence-corrected chi connectivity index (χ0v) is 12.1. The molecule has 1 aliphatic rings. The Morgan fingerprint density at radius 2 is 2.00 bits per heavy atom. The molecule has 0 saturated heterocycles. The fraction of sp³-hybridized carbons (Fsp3) is 0.562. The highest BCUT2D eigenvalue weighted by atomic mass is 16.5. The van der Waals surface area contributed by atoms with Gasteiger partial charge in [0, 0.05) is 6.61 Å². The van der Waals surface area contributed by atoms with Crippen LogP contribution >= 0.6 is 0 Å². The van der Waals surface area contributed by atoms with Crippen LogP contribution < -0.4 is 4.74 Å². The Morgan fingerprint density at radius 1 is 1.30 bits per heavy atom. The molecule has 0 bridgehead atoms. The monoisotopic (exact) mass is 278 g/mol. The number of ether oxygens (including phenoxy) is 2. The Bertz CT molecular complexity index is 475. The molecule has 1 saturated carbocycles. The highest BCUT2D eigenvalue weighted by Crippen LogP contribution is 2.41. The number of carbonyl (C=O) groups excluding carboxylic acids is 1. The molecule has 1 fully saturated rings. The van der Waals surface area contributed by atoms with Gasteiger partial charge in [0.2, 0.25) is 0 Å². The molecule has 0 aliphatic heterocycles. The molecule has 1 aromatic carbocycles. The summed E-state index contributed by atoms with van der Waals surface area (Å²) < 4.78 is 10.0. The molecule has 0 unspecified atom stereocenters. The molecule has 0 heterocycles. The highest BCUT2D eigenvalue weighted by Gasteiger charge is 2.33. The molecule has 4 heteroatoms. The Labute approximate surface area is 119 Å². The van der Waals surface area contributed by atoms with Crippen LogP contribution in [0.1, 0.15) is 41.6 Å². The number of aliphatic hydroxyl groups is 1. The first-order chi connectivity index (χ1) is 9.64. The molecule has 110 valence electrons. The van der Waals surface area contributed by atoms with E-state index in [1.165, 1.54) is 20.0 Å². The van der Waals surface area contributed by atoms with Crippen molar-refractivity contribution in [3.8, 4) is 5.75 Å². The Balaban J connectivity index is 2.23. The molecular formula is C16H22O4. The topological polar surface area (TPSA) is 55.8 Å². The van der Waals surface area contributed by atoms with Crippen molar-refractivity contribution in [2.75, 3.05) is 20.8 Å². The first-order valence-corrected chi connectivity index (χ1v) is 7.00. The van der Waals surface area contributed by atoms with E-state index >= 15 is 0 Å². The number of esters is 1. The first kappa shape index (κ1) is 14.9. The van der Waals surface area contributed by atoms with E-state index in [1.807, 2.05) is 12.1 Å². The second kappa shape index (κ2) is 6.27. The number of benzene rings is 1. The van der Waals surface area contributed by atoms with E-state index in [0.29, 0.717) is 11.3 Å². The normalized spacial score (nSPS) is 16.9. The van der Waals surface area contributed by atoms with Crippen molar-refractivity contribution in [3.05, 3.63) is 29.3 Å². The van der Waals surface area contributed by atoms with E-state index in [1.54, 1.807) is 13.2 Å². The third kappa shape index (κ3) is 2.96. The molecular weight excluding hydrogens is 256 g/mol. The highest BCUT2D eigenvalue weighted by molar-refractivity contribution is 5.92. The van der Waals surface area contributed by atoms with Crippen molar-refractivity contribution in [3.63, 3.8) is 0 Å². The lowest BCUT2D eigenvalue weighted by Gasteiger charge is -2.26. The summed E-state index contributed by atoms with van der Waals surface area (Å²) >= 11 is 0. The second-order valence-electron chi connectivity index (χ2n) is 5.57. The fourth-order valence-corrected chi connectivity index (χ4v) is 3.07. The molecule has 2 rings (SSSR count). The summed E-state index contributed by atoms with van der Waals surface area (Å²) in [5.41, 5.74) is 1.52. The molecule has 20 heavy (non-hydrogen) atoms. The Kier molecular flexibility index (Phi) is 4.65. The third-order valence-corrected chi connectivity index (χ3v) is 4.25. The van der Waals surface area contributed by atoms with E-state index < -0.39 is 5.97 Å². The van der Waals surface area contributed by atoms with E-state index in [0.717, 1.165) is 24.8 Å². The van der Waals surface area contributed by atoms with Gasteiger partial charge in [-0.2, -0.15) is 0 Å². The first-order valence-electron chi connectivity index (χ1n) is 7.00. The molecule has 0 spiro atoms. The van der Waals surface area contributed by atoms with Crippen LogP contribution in [0.2, 0.25) is 0 Å². The number of hydrogen-bond acceptors (Lipinski definition) is 4. The summed E-state index contributed by atoms with van der Waals surface area (Å²) in [5.74, 6) is 0.131. The van der Waals surface area contributed by atoms with Crippen molar-refractivity contribution in [1.82, 2.24) is 0 Å². The third-order valence-electron chi connectivity index (χ3n) is 4.25.